The summed E-state index contributed by atoms with van der Waals surface area (Å²) in [5.74, 6) is -0.153. The Morgan fingerprint density at radius 3 is 2.35 bits per heavy atom. The molecule has 0 aromatic heterocycles. The summed E-state index contributed by atoms with van der Waals surface area (Å²) in [7, 11) is 3.49. The van der Waals surface area contributed by atoms with Crippen LogP contribution in [0.3, 0.4) is 0 Å². The Bertz CT molecular complexity index is 949. The Morgan fingerprint density at radius 1 is 1.11 bits per heavy atom. The molecule has 8 nitrogen and oxygen atoms in total. The molecule has 0 bridgehead atoms. The van der Waals surface area contributed by atoms with E-state index in [-0.39, 0.29) is 23.6 Å². The van der Waals surface area contributed by atoms with Gasteiger partial charge in [0, 0.05) is 45.8 Å². The van der Waals surface area contributed by atoms with Gasteiger partial charge in [-0.05, 0) is 55.7 Å². The molecule has 0 unspecified atom stereocenters. The fourth-order valence-electron chi connectivity index (χ4n) is 6.31. The second kappa shape index (κ2) is 11.9. The van der Waals surface area contributed by atoms with Crippen LogP contribution < -0.4 is 5.32 Å². The minimum Gasteiger partial charge on any atom is -0.390 e. The number of nitrogens with one attached hydrogen (secondary N) is 1. The van der Waals surface area contributed by atoms with Crippen LogP contribution in [0.25, 0.3) is 0 Å². The highest BCUT2D eigenvalue weighted by molar-refractivity contribution is 6.00. The maximum Gasteiger partial charge on any atom is 0.253 e. The molecular formula is C29H44N4O4. The highest BCUT2D eigenvalue weighted by atomic mass is 16.3. The molecule has 1 aliphatic carbocycles. The predicted molar refractivity (Wildman–Crippen MR) is 143 cm³/mol. The molecule has 8 heteroatoms. The quantitative estimate of drug-likeness (QED) is 0.559. The van der Waals surface area contributed by atoms with Crippen LogP contribution in [0.15, 0.2) is 24.3 Å². The van der Waals surface area contributed by atoms with Crippen LogP contribution >= 0.6 is 0 Å². The number of likely N-dealkylation sites (tertiary alicyclic amines) is 1. The summed E-state index contributed by atoms with van der Waals surface area (Å²) in [6, 6.07) is 6.87. The Balaban J connectivity index is 1.43. The molecule has 1 spiro atoms. The van der Waals surface area contributed by atoms with E-state index in [9.17, 15) is 19.5 Å². The van der Waals surface area contributed by atoms with Crippen molar-refractivity contribution < 1.29 is 19.5 Å². The normalized spacial score (nSPS) is 23.7. The fourth-order valence-corrected chi connectivity index (χ4v) is 6.31. The molecule has 0 radical (unpaired) electrons. The van der Waals surface area contributed by atoms with E-state index in [0.29, 0.717) is 38.0 Å². The van der Waals surface area contributed by atoms with Gasteiger partial charge in [-0.25, -0.2) is 0 Å². The van der Waals surface area contributed by atoms with Crippen molar-refractivity contribution in [1.29, 1.82) is 0 Å². The van der Waals surface area contributed by atoms with E-state index in [1.807, 2.05) is 29.2 Å². The Labute approximate surface area is 221 Å². The zero-order valence-corrected chi connectivity index (χ0v) is 22.7. The van der Waals surface area contributed by atoms with E-state index in [0.717, 1.165) is 50.6 Å². The summed E-state index contributed by atoms with van der Waals surface area (Å²) >= 11 is 0. The molecule has 37 heavy (non-hydrogen) atoms. The lowest BCUT2D eigenvalue weighted by molar-refractivity contribution is -0.166. The van der Waals surface area contributed by atoms with Gasteiger partial charge >= 0.3 is 0 Å². The molecule has 1 aromatic carbocycles. The van der Waals surface area contributed by atoms with Gasteiger partial charge in [0.05, 0.1) is 6.10 Å². The molecule has 1 saturated carbocycles. The lowest BCUT2D eigenvalue weighted by Gasteiger charge is -2.52. The number of aliphatic hydroxyl groups is 1. The highest BCUT2D eigenvalue weighted by Crippen LogP contribution is 2.36. The number of carbonyl (C=O) groups is 3. The van der Waals surface area contributed by atoms with Crippen molar-refractivity contribution in [3.8, 4) is 0 Å². The number of benzene rings is 1. The highest BCUT2D eigenvalue weighted by Gasteiger charge is 2.55. The summed E-state index contributed by atoms with van der Waals surface area (Å²) in [6.45, 7) is 4.79. The van der Waals surface area contributed by atoms with Gasteiger partial charge in [0.25, 0.3) is 5.91 Å². The van der Waals surface area contributed by atoms with Crippen LogP contribution in [-0.4, -0.2) is 88.9 Å². The number of piperidine rings is 1. The number of aliphatic hydroxyl groups excluding tert-OH is 1. The fraction of sp³-hybridized carbons (Fsp3) is 0.690. The third-order valence-electron chi connectivity index (χ3n) is 8.66. The molecule has 2 aliphatic heterocycles. The number of carbonyl (C=O) groups excluding carboxylic acids is 3. The lowest BCUT2D eigenvalue weighted by Crippen LogP contribution is -2.75. The van der Waals surface area contributed by atoms with Crippen molar-refractivity contribution in [2.75, 3.05) is 33.7 Å². The van der Waals surface area contributed by atoms with Crippen LogP contribution in [0.1, 0.15) is 80.6 Å². The number of rotatable bonds is 8. The first-order valence-electron chi connectivity index (χ1n) is 14.1. The summed E-state index contributed by atoms with van der Waals surface area (Å²) in [5, 5.41) is 14.1. The maximum atomic E-state index is 13.7. The van der Waals surface area contributed by atoms with E-state index in [1.54, 1.807) is 19.0 Å². The van der Waals surface area contributed by atoms with Crippen LogP contribution in [-0.2, 0) is 16.1 Å². The molecule has 2 N–H and O–H groups in total. The maximum absolute atomic E-state index is 13.7. The van der Waals surface area contributed by atoms with E-state index >= 15 is 0 Å². The van der Waals surface area contributed by atoms with Gasteiger partial charge in [-0.1, -0.05) is 44.7 Å². The molecule has 2 atom stereocenters. The summed E-state index contributed by atoms with van der Waals surface area (Å²) in [4.78, 5) is 45.3. The minimum atomic E-state index is -0.840. The largest absolute Gasteiger partial charge is 0.390 e. The molecule has 3 aliphatic rings. The van der Waals surface area contributed by atoms with E-state index in [4.69, 9.17) is 0 Å². The second-order valence-electron chi connectivity index (χ2n) is 11.4. The van der Waals surface area contributed by atoms with Gasteiger partial charge in [0.2, 0.25) is 11.8 Å². The molecule has 204 valence electrons. The number of piperazine rings is 1. The summed E-state index contributed by atoms with van der Waals surface area (Å²) < 4.78 is 0. The smallest absolute Gasteiger partial charge is 0.253 e. The molecule has 3 fully saturated rings. The first kappa shape index (κ1) is 27.6. The predicted octanol–water partition coefficient (Wildman–Crippen LogP) is 2.79. The van der Waals surface area contributed by atoms with E-state index in [1.165, 1.54) is 6.42 Å². The number of unbranched alkanes of at least 4 members (excludes halogenated alkanes) is 1. The monoisotopic (exact) mass is 512 g/mol. The van der Waals surface area contributed by atoms with Crippen molar-refractivity contribution in [2.24, 2.45) is 5.92 Å². The lowest BCUT2D eigenvalue weighted by atomic mass is 9.78. The standard InChI is InChI=1S/C29H44N4O4/c1-4-5-17-33-27(36)24(25(34)22-9-7-6-8-10-22)30-28(37)29(33)15-18-32(19-16-29)20-21-11-13-23(14-12-21)26(35)31(2)3/h11-14,22,24-25,34H,4-10,15-20H2,1-3H3,(H,30,37)/t24-,25-/m1/s1. The van der Waals surface area contributed by atoms with Crippen LogP contribution in [0.2, 0.25) is 0 Å². The van der Waals surface area contributed by atoms with Gasteiger partial charge in [0.1, 0.15) is 11.6 Å². The van der Waals surface area contributed by atoms with Crippen LogP contribution in [0, 0.1) is 5.92 Å². The van der Waals surface area contributed by atoms with E-state index < -0.39 is 17.7 Å². The third kappa shape index (κ3) is 5.85. The van der Waals surface area contributed by atoms with Gasteiger partial charge in [-0.15, -0.1) is 0 Å². The molecule has 4 rings (SSSR count). The Hall–Kier alpha value is -2.45. The molecule has 2 saturated heterocycles. The zero-order valence-electron chi connectivity index (χ0n) is 22.7. The molecule has 3 amide bonds. The van der Waals surface area contributed by atoms with E-state index in [2.05, 4.69) is 17.1 Å². The van der Waals surface area contributed by atoms with Crippen molar-refractivity contribution in [3.63, 3.8) is 0 Å². The van der Waals surface area contributed by atoms with Crippen LogP contribution in [0.4, 0.5) is 0 Å². The molecule has 1 aromatic rings. The zero-order chi connectivity index (χ0) is 26.6. The number of amides is 3. The molecular weight excluding hydrogens is 468 g/mol. The van der Waals surface area contributed by atoms with Gasteiger partial charge in [0.15, 0.2) is 0 Å². The van der Waals surface area contributed by atoms with Gasteiger partial charge < -0.3 is 20.2 Å². The van der Waals surface area contributed by atoms with Crippen molar-refractivity contribution >= 4 is 17.7 Å². The first-order valence-corrected chi connectivity index (χ1v) is 14.1. The van der Waals surface area contributed by atoms with Crippen LogP contribution in [0.5, 0.6) is 0 Å². The Morgan fingerprint density at radius 2 is 1.76 bits per heavy atom. The average Bonchev–Trinajstić information content (AvgIpc) is 2.92. The van der Waals surface area contributed by atoms with Crippen molar-refractivity contribution in [1.82, 2.24) is 20.0 Å². The number of nitrogens with zero attached hydrogens (tertiary/aromatic N) is 3. The van der Waals surface area contributed by atoms with Crippen molar-refractivity contribution in [3.05, 3.63) is 35.4 Å². The third-order valence-corrected chi connectivity index (χ3v) is 8.66. The van der Waals surface area contributed by atoms with Gasteiger partial charge in [-0.3, -0.25) is 19.3 Å². The second-order valence-corrected chi connectivity index (χ2v) is 11.4. The Kier molecular flexibility index (Phi) is 8.90. The first-order chi connectivity index (χ1) is 17.8. The molecule has 2 heterocycles. The minimum absolute atomic E-state index is 0.0153. The van der Waals surface area contributed by atoms with Gasteiger partial charge in [-0.2, -0.15) is 0 Å². The summed E-state index contributed by atoms with van der Waals surface area (Å²) in [5.41, 5.74) is 0.947. The average molecular weight is 513 g/mol. The summed E-state index contributed by atoms with van der Waals surface area (Å²) in [6.07, 6.45) is 7.28. The van der Waals surface area contributed by atoms with Crippen molar-refractivity contribution in [2.45, 2.75) is 88.9 Å². The topological polar surface area (TPSA) is 93.2 Å². The SMILES string of the molecule is CCCCN1C(=O)[C@@H]([C@H](O)C2CCCCC2)NC(=O)C12CCN(Cc1ccc(C(=O)N(C)C)cc1)CC2. The number of hydrogen-bond donors (Lipinski definition) is 2. The number of hydrogen-bond acceptors (Lipinski definition) is 5.